The monoisotopic (exact) mass is 328 g/mol. The van der Waals surface area contributed by atoms with Crippen LogP contribution < -0.4 is 5.32 Å². The summed E-state index contributed by atoms with van der Waals surface area (Å²) in [6, 6.07) is 8.99. The number of ketones is 2. The van der Waals surface area contributed by atoms with Gasteiger partial charge in [0.15, 0.2) is 11.6 Å². The lowest BCUT2D eigenvalue weighted by atomic mass is 9.88. The van der Waals surface area contributed by atoms with Crippen LogP contribution in [0.3, 0.4) is 0 Å². The standard InChI is InChI=1S/C18H20N2O4/c1-2-15-18(19-15,16(22)13-6-4-3-5-7-13)12-14(21)8-9-20-10-11-24-17(20)23/h3-9,15,19H,2,10-12H2,1H3/b9-8+/t15-,18-/m1/s1. The molecule has 2 heterocycles. The van der Waals surface area contributed by atoms with E-state index >= 15 is 0 Å². The van der Waals surface area contributed by atoms with Crippen molar-refractivity contribution in [2.45, 2.75) is 31.3 Å². The lowest BCUT2D eigenvalue weighted by Crippen LogP contribution is -2.32. The fraction of sp³-hybridized carbons (Fsp3) is 0.389. The predicted octanol–water partition coefficient (Wildman–Crippen LogP) is 1.92. The second kappa shape index (κ2) is 6.57. The topological polar surface area (TPSA) is 85.6 Å². The number of carbonyl (C=O) groups is 3. The molecule has 2 aliphatic heterocycles. The number of nitrogens with zero attached hydrogens (tertiary/aromatic N) is 1. The fourth-order valence-corrected chi connectivity index (χ4v) is 3.09. The molecule has 6 heteroatoms. The van der Waals surface area contributed by atoms with Crippen LogP contribution in [0.4, 0.5) is 4.79 Å². The van der Waals surface area contributed by atoms with Crippen LogP contribution in [0.15, 0.2) is 42.6 Å². The summed E-state index contributed by atoms with van der Waals surface area (Å²) < 4.78 is 4.80. The van der Waals surface area contributed by atoms with E-state index in [1.54, 1.807) is 12.1 Å². The molecule has 0 saturated carbocycles. The summed E-state index contributed by atoms with van der Waals surface area (Å²) in [5.41, 5.74) is -0.232. The van der Waals surface area contributed by atoms with Gasteiger partial charge in [-0.2, -0.15) is 0 Å². The molecule has 2 atom stereocenters. The summed E-state index contributed by atoms with van der Waals surface area (Å²) in [5, 5.41) is 3.19. The Labute approximate surface area is 140 Å². The van der Waals surface area contributed by atoms with Crippen molar-refractivity contribution in [2.24, 2.45) is 0 Å². The maximum atomic E-state index is 12.8. The van der Waals surface area contributed by atoms with E-state index in [-0.39, 0.29) is 24.0 Å². The molecule has 2 fully saturated rings. The summed E-state index contributed by atoms with van der Waals surface area (Å²) in [7, 11) is 0. The highest BCUT2D eigenvalue weighted by Gasteiger charge is 2.58. The highest BCUT2D eigenvalue weighted by atomic mass is 16.6. The third kappa shape index (κ3) is 3.10. The van der Waals surface area contributed by atoms with E-state index < -0.39 is 11.6 Å². The van der Waals surface area contributed by atoms with Gasteiger partial charge in [-0.15, -0.1) is 0 Å². The smallest absolute Gasteiger partial charge is 0.413 e. The van der Waals surface area contributed by atoms with Gasteiger partial charge in [0.25, 0.3) is 0 Å². The number of ether oxygens (including phenoxy) is 1. The van der Waals surface area contributed by atoms with E-state index in [1.165, 1.54) is 17.2 Å². The van der Waals surface area contributed by atoms with Gasteiger partial charge in [-0.25, -0.2) is 4.79 Å². The number of hydrogen-bond donors (Lipinski definition) is 1. The molecular weight excluding hydrogens is 308 g/mol. The molecule has 1 aromatic carbocycles. The van der Waals surface area contributed by atoms with Crippen LogP contribution in [0.25, 0.3) is 0 Å². The molecule has 0 aromatic heterocycles. The zero-order chi connectivity index (χ0) is 17.2. The van der Waals surface area contributed by atoms with E-state index in [0.29, 0.717) is 18.7 Å². The normalized spacial score (nSPS) is 25.8. The molecule has 0 aliphatic carbocycles. The van der Waals surface area contributed by atoms with E-state index in [0.717, 1.165) is 6.42 Å². The minimum Gasteiger partial charge on any atom is -0.447 e. The van der Waals surface area contributed by atoms with E-state index in [4.69, 9.17) is 4.74 Å². The molecule has 0 unspecified atom stereocenters. The van der Waals surface area contributed by atoms with Crippen LogP contribution in [0.1, 0.15) is 30.1 Å². The largest absolute Gasteiger partial charge is 0.447 e. The number of hydrogen-bond acceptors (Lipinski definition) is 5. The molecule has 0 bridgehead atoms. The summed E-state index contributed by atoms with van der Waals surface area (Å²) in [5.74, 6) is -0.250. The summed E-state index contributed by atoms with van der Waals surface area (Å²) in [6.45, 7) is 2.75. The Morgan fingerprint density at radius 1 is 1.38 bits per heavy atom. The maximum absolute atomic E-state index is 12.8. The van der Waals surface area contributed by atoms with Crippen molar-refractivity contribution in [2.75, 3.05) is 13.2 Å². The quantitative estimate of drug-likeness (QED) is 0.469. The van der Waals surface area contributed by atoms with Crippen molar-refractivity contribution in [1.29, 1.82) is 0 Å². The molecule has 2 aliphatic rings. The van der Waals surface area contributed by atoms with Crippen LogP contribution in [0, 0.1) is 0 Å². The Bertz CT molecular complexity index is 686. The maximum Gasteiger partial charge on any atom is 0.413 e. The molecule has 3 rings (SSSR count). The highest BCUT2D eigenvalue weighted by Crippen LogP contribution is 2.36. The van der Waals surface area contributed by atoms with Gasteiger partial charge in [0, 0.05) is 24.2 Å². The first-order chi connectivity index (χ1) is 11.6. The number of benzene rings is 1. The van der Waals surface area contributed by atoms with Crippen molar-refractivity contribution >= 4 is 17.7 Å². The SMILES string of the molecule is CC[C@H]1N[C@@]1(CC(=O)/C=C/N1CCOC1=O)C(=O)c1ccccc1. The first-order valence-electron chi connectivity index (χ1n) is 8.09. The number of carbonyl (C=O) groups excluding carboxylic acids is 3. The Hall–Kier alpha value is -2.47. The summed E-state index contributed by atoms with van der Waals surface area (Å²) >= 11 is 0. The zero-order valence-corrected chi connectivity index (χ0v) is 13.5. The molecule has 0 radical (unpaired) electrons. The number of allylic oxidation sites excluding steroid dienone is 1. The molecule has 24 heavy (non-hydrogen) atoms. The molecule has 1 aromatic rings. The second-order valence-corrected chi connectivity index (χ2v) is 6.04. The lowest BCUT2D eigenvalue weighted by Gasteiger charge is -2.13. The minimum absolute atomic E-state index is 0.000641. The van der Waals surface area contributed by atoms with Crippen molar-refractivity contribution in [1.82, 2.24) is 10.2 Å². The van der Waals surface area contributed by atoms with E-state index in [2.05, 4.69) is 5.32 Å². The second-order valence-electron chi connectivity index (χ2n) is 6.04. The van der Waals surface area contributed by atoms with Gasteiger partial charge in [-0.1, -0.05) is 37.3 Å². The zero-order valence-electron chi connectivity index (χ0n) is 13.5. The van der Waals surface area contributed by atoms with Gasteiger partial charge in [-0.3, -0.25) is 19.8 Å². The number of Topliss-reactive ketones (excluding diaryl/α,β-unsaturated/α-hetero) is 1. The number of rotatable bonds is 7. The van der Waals surface area contributed by atoms with Gasteiger partial charge < -0.3 is 4.74 Å². The predicted molar refractivity (Wildman–Crippen MR) is 87.5 cm³/mol. The number of amides is 1. The Morgan fingerprint density at radius 3 is 2.71 bits per heavy atom. The molecule has 2 saturated heterocycles. The van der Waals surface area contributed by atoms with Crippen molar-refractivity contribution in [3.63, 3.8) is 0 Å². The summed E-state index contributed by atoms with van der Waals surface area (Å²) in [6.07, 6.45) is 3.18. The highest BCUT2D eigenvalue weighted by molar-refractivity contribution is 6.09. The minimum atomic E-state index is -0.830. The van der Waals surface area contributed by atoms with Crippen LogP contribution >= 0.6 is 0 Å². The molecule has 126 valence electrons. The van der Waals surface area contributed by atoms with Gasteiger partial charge >= 0.3 is 6.09 Å². The number of cyclic esters (lactones) is 1. The molecule has 0 spiro atoms. The van der Waals surface area contributed by atoms with Crippen LogP contribution in [-0.2, 0) is 9.53 Å². The first kappa shape index (κ1) is 16.4. The molecular formula is C18H20N2O4. The van der Waals surface area contributed by atoms with E-state index in [1.807, 2.05) is 25.1 Å². The van der Waals surface area contributed by atoms with Crippen LogP contribution in [0.2, 0.25) is 0 Å². The van der Waals surface area contributed by atoms with Gasteiger partial charge in [0.2, 0.25) is 0 Å². The van der Waals surface area contributed by atoms with Gasteiger partial charge in [-0.05, 0) is 12.5 Å². The Kier molecular flexibility index (Phi) is 4.49. The van der Waals surface area contributed by atoms with Crippen molar-refractivity contribution in [3.8, 4) is 0 Å². The summed E-state index contributed by atoms with van der Waals surface area (Å²) in [4.78, 5) is 37.8. The lowest BCUT2D eigenvalue weighted by molar-refractivity contribution is -0.115. The average molecular weight is 328 g/mol. The fourth-order valence-electron chi connectivity index (χ4n) is 3.09. The van der Waals surface area contributed by atoms with Crippen LogP contribution in [-0.4, -0.2) is 47.3 Å². The van der Waals surface area contributed by atoms with Gasteiger partial charge in [0.05, 0.1) is 6.54 Å². The Balaban J connectivity index is 1.70. The van der Waals surface area contributed by atoms with Crippen molar-refractivity contribution in [3.05, 3.63) is 48.2 Å². The van der Waals surface area contributed by atoms with Crippen molar-refractivity contribution < 1.29 is 19.1 Å². The first-order valence-corrected chi connectivity index (χ1v) is 8.09. The molecule has 1 N–H and O–H groups in total. The van der Waals surface area contributed by atoms with Crippen LogP contribution in [0.5, 0.6) is 0 Å². The average Bonchev–Trinajstić information content (AvgIpc) is 3.16. The third-order valence-electron chi connectivity index (χ3n) is 4.48. The number of nitrogens with one attached hydrogen (secondary N) is 1. The Morgan fingerprint density at radius 2 is 2.12 bits per heavy atom. The third-order valence-corrected chi connectivity index (χ3v) is 4.48. The van der Waals surface area contributed by atoms with Gasteiger partial charge in [0.1, 0.15) is 12.1 Å². The van der Waals surface area contributed by atoms with E-state index in [9.17, 15) is 14.4 Å². The molecule has 6 nitrogen and oxygen atoms in total. The molecule has 1 amide bonds.